The maximum Gasteiger partial charge on any atom is 0.333 e. The lowest BCUT2D eigenvalue weighted by Gasteiger charge is -2.02. The standard InChI is InChI=1S/C11H7N5O2/c17-16(18)10-7-14-15-9(3-5-13-11(10)15)8-2-1-4-12-6-8/h1-7H. The van der Waals surface area contributed by atoms with Gasteiger partial charge in [-0.3, -0.25) is 15.1 Å². The van der Waals surface area contributed by atoms with Gasteiger partial charge < -0.3 is 0 Å². The molecule has 18 heavy (non-hydrogen) atoms. The zero-order chi connectivity index (χ0) is 12.5. The Kier molecular flexibility index (Phi) is 2.23. The van der Waals surface area contributed by atoms with Crippen molar-refractivity contribution in [3.8, 4) is 11.3 Å². The van der Waals surface area contributed by atoms with E-state index < -0.39 is 4.92 Å². The van der Waals surface area contributed by atoms with Gasteiger partial charge in [-0.1, -0.05) is 0 Å². The summed E-state index contributed by atoms with van der Waals surface area (Å²) in [6.07, 6.45) is 6.05. The van der Waals surface area contributed by atoms with Gasteiger partial charge >= 0.3 is 5.69 Å². The van der Waals surface area contributed by atoms with Crippen LogP contribution in [0.5, 0.6) is 0 Å². The van der Waals surface area contributed by atoms with Gasteiger partial charge in [0.05, 0.1) is 10.6 Å². The van der Waals surface area contributed by atoms with Crippen LogP contribution in [0.15, 0.2) is 43.0 Å². The van der Waals surface area contributed by atoms with Crippen molar-refractivity contribution in [1.82, 2.24) is 19.6 Å². The van der Waals surface area contributed by atoms with Crippen molar-refractivity contribution in [2.45, 2.75) is 0 Å². The molecular formula is C11H7N5O2. The number of nitrogens with zero attached hydrogens (tertiary/aromatic N) is 5. The highest BCUT2D eigenvalue weighted by Gasteiger charge is 2.17. The van der Waals surface area contributed by atoms with Gasteiger partial charge in [0.2, 0.25) is 5.65 Å². The Bertz CT molecular complexity index is 723. The monoisotopic (exact) mass is 241 g/mol. The third kappa shape index (κ3) is 1.49. The van der Waals surface area contributed by atoms with Crippen molar-refractivity contribution < 1.29 is 4.92 Å². The molecule has 0 N–H and O–H groups in total. The second-order valence-corrected chi connectivity index (χ2v) is 3.59. The van der Waals surface area contributed by atoms with E-state index in [1.165, 1.54) is 16.9 Å². The number of hydrogen-bond acceptors (Lipinski definition) is 5. The van der Waals surface area contributed by atoms with Gasteiger partial charge in [-0.2, -0.15) is 5.10 Å². The van der Waals surface area contributed by atoms with Crippen molar-refractivity contribution in [3.63, 3.8) is 0 Å². The summed E-state index contributed by atoms with van der Waals surface area (Å²) in [7, 11) is 0. The van der Waals surface area contributed by atoms with E-state index in [1.807, 2.05) is 6.07 Å². The van der Waals surface area contributed by atoms with Crippen LogP contribution in [0.3, 0.4) is 0 Å². The predicted molar refractivity (Wildman–Crippen MR) is 62.9 cm³/mol. The highest BCUT2D eigenvalue weighted by atomic mass is 16.6. The summed E-state index contributed by atoms with van der Waals surface area (Å²) >= 11 is 0. The van der Waals surface area contributed by atoms with Gasteiger partial charge in [0.25, 0.3) is 0 Å². The zero-order valence-corrected chi connectivity index (χ0v) is 9.09. The molecule has 3 heterocycles. The first-order chi connectivity index (χ1) is 8.77. The molecular weight excluding hydrogens is 234 g/mol. The minimum absolute atomic E-state index is 0.110. The van der Waals surface area contributed by atoms with Crippen molar-refractivity contribution in [2.75, 3.05) is 0 Å². The van der Waals surface area contributed by atoms with Crippen molar-refractivity contribution >= 4 is 11.3 Å². The molecule has 3 aromatic rings. The maximum absolute atomic E-state index is 10.8. The number of nitro groups is 1. The van der Waals surface area contributed by atoms with E-state index in [-0.39, 0.29) is 11.3 Å². The fraction of sp³-hybridized carbons (Fsp3) is 0. The summed E-state index contributed by atoms with van der Waals surface area (Å²) in [5.74, 6) is 0. The van der Waals surface area contributed by atoms with Crippen LogP contribution < -0.4 is 0 Å². The largest absolute Gasteiger partial charge is 0.333 e. The molecule has 0 radical (unpaired) electrons. The first-order valence-corrected chi connectivity index (χ1v) is 5.15. The first kappa shape index (κ1) is 10.3. The number of hydrogen-bond donors (Lipinski definition) is 0. The van der Waals surface area contributed by atoms with E-state index in [1.54, 1.807) is 24.5 Å². The molecule has 0 aromatic carbocycles. The summed E-state index contributed by atoms with van der Waals surface area (Å²) in [6, 6.07) is 5.38. The number of pyridine rings is 1. The lowest BCUT2D eigenvalue weighted by atomic mass is 10.2. The zero-order valence-electron chi connectivity index (χ0n) is 9.09. The van der Waals surface area contributed by atoms with Gasteiger partial charge in [-0.05, 0) is 18.2 Å². The van der Waals surface area contributed by atoms with Crippen molar-refractivity contribution in [1.29, 1.82) is 0 Å². The average Bonchev–Trinajstić information content (AvgIpc) is 2.83. The molecule has 0 saturated heterocycles. The SMILES string of the molecule is O=[N+]([O-])c1cnn2c(-c3cccnc3)ccnc12. The molecule has 7 nitrogen and oxygen atoms in total. The Morgan fingerprint density at radius 3 is 2.83 bits per heavy atom. The molecule has 88 valence electrons. The maximum atomic E-state index is 10.8. The lowest BCUT2D eigenvalue weighted by molar-refractivity contribution is -0.383. The molecule has 0 aliphatic carbocycles. The quantitative estimate of drug-likeness (QED) is 0.503. The van der Waals surface area contributed by atoms with Crippen LogP contribution in [-0.2, 0) is 0 Å². The number of fused-ring (bicyclic) bond motifs is 1. The van der Waals surface area contributed by atoms with Crippen molar-refractivity contribution in [2.24, 2.45) is 0 Å². The molecule has 0 aliphatic heterocycles. The molecule has 0 unspecified atom stereocenters. The second kappa shape index (κ2) is 3.88. The Hall–Kier alpha value is -2.83. The molecule has 3 aromatic heterocycles. The highest BCUT2D eigenvalue weighted by molar-refractivity contribution is 5.66. The van der Waals surface area contributed by atoms with Crippen LogP contribution in [-0.4, -0.2) is 24.5 Å². The van der Waals surface area contributed by atoms with E-state index in [9.17, 15) is 10.1 Å². The van der Waals surface area contributed by atoms with E-state index >= 15 is 0 Å². The normalized spacial score (nSPS) is 10.7. The fourth-order valence-corrected chi connectivity index (χ4v) is 1.74. The van der Waals surface area contributed by atoms with Crippen molar-refractivity contribution in [3.05, 3.63) is 53.1 Å². The van der Waals surface area contributed by atoms with Crippen LogP contribution in [0.2, 0.25) is 0 Å². The first-order valence-electron chi connectivity index (χ1n) is 5.15. The number of rotatable bonds is 2. The van der Waals surface area contributed by atoms with Gasteiger partial charge in [0.1, 0.15) is 6.20 Å². The minimum Gasteiger partial charge on any atom is -0.264 e. The Morgan fingerprint density at radius 1 is 1.22 bits per heavy atom. The summed E-state index contributed by atoms with van der Waals surface area (Å²) in [5, 5.41) is 14.8. The van der Waals surface area contributed by atoms with Gasteiger partial charge in [-0.25, -0.2) is 9.50 Å². The molecule has 0 saturated carbocycles. The second-order valence-electron chi connectivity index (χ2n) is 3.59. The highest BCUT2D eigenvalue weighted by Crippen LogP contribution is 2.23. The van der Waals surface area contributed by atoms with Gasteiger partial charge in [0.15, 0.2) is 0 Å². The molecule has 0 amide bonds. The molecule has 0 aliphatic rings. The average molecular weight is 241 g/mol. The van der Waals surface area contributed by atoms with Crippen LogP contribution in [0, 0.1) is 10.1 Å². The Balaban J connectivity index is 2.29. The Morgan fingerprint density at radius 2 is 2.11 bits per heavy atom. The summed E-state index contributed by atoms with van der Waals surface area (Å²) in [4.78, 5) is 18.3. The van der Waals surface area contributed by atoms with E-state index in [2.05, 4.69) is 15.1 Å². The van der Waals surface area contributed by atoms with Crippen LogP contribution in [0.25, 0.3) is 16.9 Å². The molecule has 7 heteroatoms. The van der Waals surface area contributed by atoms with Gasteiger partial charge in [-0.15, -0.1) is 0 Å². The summed E-state index contributed by atoms with van der Waals surface area (Å²) in [5.41, 5.74) is 1.64. The van der Waals surface area contributed by atoms with Crippen LogP contribution in [0.4, 0.5) is 5.69 Å². The topological polar surface area (TPSA) is 86.2 Å². The van der Waals surface area contributed by atoms with E-state index in [4.69, 9.17) is 0 Å². The van der Waals surface area contributed by atoms with Crippen LogP contribution in [0.1, 0.15) is 0 Å². The Labute approximate surface area is 101 Å². The van der Waals surface area contributed by atoms with E-state index in [0.29, 0.717) is 5.69 Å². The van der Waals surface area contributed by atoms with Crippen LogP contribution >= 0.6 is 0 Å². The molecule has 0 atom stereocenters. The third-order valence-electron chi connectivity index (χ3n) is 2.54. The smallest absolute Gasteiger partial charge is 0.264 e. The molecule has 0 bridgehead atoms. The summed E-state index contributed by atoms with van der Waals surface area (Å²) in [6.45, 7) is 0. The molecule has 0 fully saturated rings. The minimum atomic E-state index is -0.498. The van der Waals surface area contributed by atoms with E-state index in [0.717, 1.165) is 5.56 Å². The third-order valence-corrected chi connectivity index (χ3v) is 2.54. The van der Waals surface area contributed by atoms with Gasteiger partial charge in [0, 0.05) is 24.2 Å². The summed E-state index contributed by atoms with van der Waals surface area (Å²) < 4.78 is 1.44. The fourth-order valence-electron chi connectivity index (χ4n) is 1.74. The predicted octanol–water partition coefficient (Wildman–Crippen LogP) is 1.70. The molecule has 0 spiro atoms. The number of aromatic nitrogens is 4. The lowest BCUT2D eigenvalue weighted by Crippen LogP contribution is -1.96. The molecule has 3 rings (SSSR count).